The number of benzene rings is 2. The summed E-state index contributed by atoms with van der Waals surface area (Å²) < 4.78 is 2.03. The van der Waals surface area contributed by atoms with E-state index in [-0.39, 0.29) is 0 Å². The van der Waals surface area contributed by atoms with Gasteiger partial charge in [-0.25, -0.2) is 4.68 Å². The molecule has 3 rings (SSSR count). The standard InChI is InChI=1S/C22H26N2/c1-4-9-18(5-2)21-16-20(19-10-7-6-8-11-19)12-13-22(21)24-15-14-17(3)23-24/h6-8,10-16,18H,4-5,9H2,1-3H3. The first-order valence-electron chi connectivity index (χ1n) is 8.95. The first kappa shape index (κ1) is 16.5. The minimum Gasteiger partial charge on any atom is -0.240 e. The van der Waals surface area contributed by atoms with Gasteiger partial charge in [-0.3, -0.25) is 0 Å². The van der Waals surface area contributed by atoms with Crippen LogP contribution in [0, 0.1) is 6.92 Å². The molecule has 124 valence electrons. The predicted octanol–water partition coefficient (Wildman–Crippen LogP) is 6.14. The van der Waals surface area contributed by atoms with Crippen LogP contribution in [0.5, 0.6) is 0 Å². The Morgan fingerprint density at radius 3 is 2.38 bits per heavy atom. The van der Waals surface area contributed by atoms with Gasteiger partial charge in [0.15, 0.2) is 0 Å². The number of hydrogen-bond acceptors (Lipinski definition) is 1. The first-order valence-corrected chi connectivity index (χ1v) is 8.95. The van der Waals surface area contributed by atoms with E-state index in [0.717, 1.165) is 12.1 Å². The van der Waals surface area contributed by atoms with E-state index in [2.05, 4.69) is 79.7 Å². The Labute approximate surface area is 145 Å². The Morgan fingerprint density at radius 2 is 1.75 bits per heavy atom. The van der Waals surface area contributed by atoms with Gasteiger partial charge in [0.05, 0.1) is 11.4 Å². The Kier molecular flexibility index (Phi) is 5.14. The highest BCUT2D eigenvalue weighted by atomic mass is 15.3. The molecular formula is C22H26N2. The van der Waals surface area contributed by atoms with Crippen LogP contribution in [0.3, 0.4) is 0 Å². The average Bonchev–Trinajstić information content (AvgIpc) is 3.06. The number of rotatable bonds is 6. The summed E-state index contributed by atoms with van der Waals surface area (Å²) in [5.41, 5.74) is 6.23. The van der Waals surface area contributed by atoms with Gasteiger partial charge < -0.3 is 0 Å². The van der Waals surface area contributed by atoms with Crippen molar-refractivity contribution in [1.29, 1.82) is 0 Å². The van der Waals surface area contributed by atoms with Gasteiger partial charge in [0.2, 0.25) is 0 Å². The van der Waals surface area contributed by atoms with Gasteiger partial charge in [0.25, 0.3) is 0 Å². The molecule has 1 atom stereocenters. The number of hydrogen-bond donors (Lipinski definition) is 0. The van der Waals surface area contributed by atoms with Gasteiger partial charge in [-0.2, -0.15) is 5.10 Å². The minimum absolute atomic E-state index is 0.568. The second kappa shape index (κ2) is 7.48. The number of aryl methyl sites for hydroxylation is 1. The molecule has 24 heavy (non-hydrogen) atoms. The maximum Gasteiger partial charge on any atom is 0.0680 e. The quantitative estimate of drug-likeness (QED) is 0.533. The summed E-state index contributed by atoms with van der Waals surface area (Å²) in [5, 5.41) is 4.64. The van der Waals surface area contributed by atoms with Crippen LogP contribution in [0.1, 0.15) is 50.3 Å². The third kappa shape index (κ3) is 3.43. The molecule has 0 saturated carbocycles. The van der Waals surface area contributed by atoms with Crippen LogP contribution in [0.15, 0.2) is 60.8 Å². The molecule has 0 saturated heterocycles. The second-order valence-electron chi connectivity index (χ2n) is 6.44. The Balaban J connectivity index is 2.11. The maximum atomic E-state index is 4.64. The van der Waals surface area contributed by atoms with E-state index < -0.39 is 0 Å². The van der Waals surface area contributed by atoms with Crippen molar-refractivity contribution in [3.63, 3.8) is 0 Å². The molecule has 0 aliphatic rings. The van der Waals surface area contributed by atoms with Crippen molar-refractivity contribution in [3.8, 4) is 16.8 Å². The SMILES string of the molecule is CCCC(CC)c1cc(-c2ccccc2)ccc1-n1ccc(C)n1. The van der Waals surface area contributed by atoms with E-state index in [1.807, 2.05) is 11.6 Å². The van der Waals surface area contributed by atoms with Crippen LogP contribution in [0.2, 0.25) is 0 Å². The fourth-order valence-electron chi connectivity index (χ4n) is 3.38. The summed E-state index contributed by atoms with van der Waals surface area (Å²) in [6.07, 6.45) is 5.63. The van der Waals surface area contributed by atoms with Gasteiger partial charge in [-0.05, 0) is 60.6 Å². The van der Waals surface area contributed by atoms with E-state index in [0.29, 0.717) is 5.92 Å². The summed E-state index contributed by atoms with van der Waals surface area (Å²) >= 11 is 0. The largest absolute Gasteiger partial charge is 0.240 e. The molecule has 0 radical (unpaired) electrons. The molecule has 2 aromatic carbocycles. The average molecular weight is 318 g/mol. The molecule has 0 amide bonds. The molecule has 0 aliphatic carbocycles. The molecule has 2 heteroatoms. The topological polar surface area (TPSA) is 17.8 Å². The van der Waals surface area contributed by atoms with Gasteiger partial charge in [0, 0.05) is 6.20 Å². The van der Waals surface area contributed by atoms with Crippen LogP contribution in [0.4, 0.5) is 0 Å². The van der Waals surface area contributed by atoms with Crippen molar-refractivity contribution in [2.75, 3.05) is 0 Å². The third-order valence-corrected chi connectivity index (χ3v) is 4.67. The zero-order valence-corrected chi connectivity index (χ0v) is 14.9. The molecular weight excluding hydrogens is 292 g/mol. The highest BCUT2D eigenvalue weighted by molar-refractivity contribution is 5.66. The van der Waals surface area contributed by atoms with Crippen molar-refractivity contribution >= 4 is 0 Å². The van der Waals surface area contributed by atoms with Crippen LogP contribution >= 0.6 is 0 Å². The van der Waals surface area contributed by atoms with Crippen molar-refractivity contribution in [3.05, 3.63) is 72.1 Å². The predicted molar refractivity (Wildman–Crippen MR) is 102 cm³/mol. The molecule has 1 unspecified atom stereocenters. The second-order valence-corrected chi connectivity index (χ2v) is 6.44. The third-order valence-electron chi connectivity index (χ3n) is 4.67. The van der Waals surface area contributed by atoms with Gasteiger partial charge in [-0.15, -0.1) is 0 Å². The highest BCUT2D eigenvalue weighted by Gasteiger charge is 2.16. The lowest BCUT2D eigenvalue weighted by atomic mass is 9.88. The molecule has 2 nitrogen and oxygen atoms in total. The van der Waals surface area contributed by atoms with E-state index in [9.17, 15) is 0 Å². The molecule has 1 heterocycles. The molecule has 0 bridgehead atoms. The molecule has 3 aromatic rings. The number of aromatic nitrogens is 2. The maximum absolute atomic E-state index is 4.64. The molecule has 1 aromatic heterocycles. The summed E-state index contributed by atoms with van der Waals surface area (Å²) in [4.78, 5) is 0. The van der Waals surface area contributed by atoms with Gasteiger partial charge in [0.1, 0.15) is 0 Å². The summed E-state index contributed by atoms with van der Waals surface area (Å²) in [5.74, 6) is 0.568. The lowest BCUT2D eigenvalue weighted by Crippen LogP contribution is -2.06. The number of nitrogens with zero attached hydrogens (tertiary/aromatic N) is 2. The zero-order valence-electron chi connectivity index (χ0n) is 14.9. The smallest absolute Gasteiger partial charge is 0.0680 e. The molecule has 0 fully saturated rings. The lowest BCUT2D eigenvalue weighted by Gasteiger charge is -2.20. The molecule has 0 spiro atoms. The lowest BCUT2D eigenvalue weighted by molar-refractivity contribution is 0.591. The highest BCUT2D eigenvalue weighted by Crippen LogP contribution is 2.33. The fourth-order valence-corrected chi connectivity index (χ4v) is 3.38. The van der Waals surface area contributed by atoms with Crippen molar-refractivity contribution in [2.45, 2.75) is 46.0 Å². The minimum atomic E-state index is 0.568. The van der Waals surface area contributed by atoms with E-state index in [1.54, 1.807) is 0 Å². The van der Waals surface area contributed by atoms with Crippen molar-refractivity contribution in [2.24, 2.45) is 0 Å². The summed E-state index contributed by atoms with van der Waals surface area (Å²) in [7, 11) is 0. The summed E-state index contributed by atoms with van der Waals surface area (Å²) in [6.45, 7) is 6.59. The first-order chi connectivity index (χ1) is 11.7. The van der Waals surface area contributed by atoms with Crippen LogP contribution < -0.4 is 0 Å². The summed E-state index contributed by atoms with van der Waals surface area (Å²) in [6, 6.07) is 19.5. The van der Waals surface area contributed by atoms with E-state index in [1.165, 1.54) is 35.2 Å². The van der Waals surface area contributed by atoms with Crippen LogP contribution in [-0.4, -0.2) is 9.78 Å². The molecule has 0 N–H and O–H groups in total. The van der Waals surface area contributed by atoms with Crippen molar-refractivity contribution < 1.29 is 0 Å². The molecule has 0 aliphatic heterocycles. The van der Waals surface area contributed by atoms with Crippen LogP contribution in [0.25, 0.3) is 16.8 Å². The zero-order chi connectivity index (χ0) is 16.9. The fraction of sp³-hybridized carbons (Fsp3) is 0.318. The Bertz CT molecular complexity index is 787. The van der Waals surface area contributed by atoms with E-state index >= 15 is 0 Å². The Morgan fingerprint density at radius 1 is 0.958 bits per heavy atom. The van der Waals surface area contributed by atoms with Crippen LogP contribution in [-0.2, 0) is 0 Å². The van der Waals surface area contributed by atoms with Crippen molar-refractivity contribution in [1.82, 2.24) is 9.78 Å². The van der Waals surface area contributed by atoms with Gasteiger partial charge >= 0.3 is 0 Å². The normalized spacial score (nSPS) is 12.3. The Hall–Kier alpha value is -2.35. The van der Waals surface area contributed by atoms with Gasteiger partial charge in [-0.1, -0.05) is 56.7 Å². The van der Waals surface area contributed by atoms with E-state index in [4.69, 9.17) is 0 Å². The monoisotopic (exact) mass is 318 g/mol.